The van der Waals surface area contributed by atoms with Crippen LogP contribution < -0.4 is 10.6 Å². The van der Waals surface area contributed by atoms with Crippen LogP contribution in [0, 0.1) is 5.92 Å². The van der Waals surface area contributed by atoms with E-state index in [0.717, 1.165) is 46.7 Å². The molecule has 1 atom stereocenters. The Labute approximate surface area is 211 Å². The van der Waals surface area contributed by atoms with Crippen LogP contribution in [0.5, 0.6) is 0 Å². The fraction of sp³-hybridized carbons (Fsp3) is 0.423. The van der Waals surface area contributed by atoms with Crippen molar-refractivity contribution in [2.24, 2.45) is 5.92 Å². The lowest BCUT2D eigenvalue weighted by Crippen LogP contribution is -2.54. The van der Waals surface area contributed by atoms with E-state index < -0.39 is 23.8 Å². The molecule has 3 fully saturated rings. The van der Waals surface area contributed by atoms with Crippen LogP contribution in [0.25, 0.3) is 11.0 Å². The number of anilines is 1. The van der Waals surface area contributed by atoms with Crippen molar-refractivity contribution in [3.63, 3.8) is 0 Å². The summed E-state index contributed by atoms with van der Waals surface area (Å²) in [5.74, 6) is -1.01. The van der Waals surface area contributed by atoms with Crippen molar-refractivity contribution in [2.75, 3.05) is 11.9 Å². The van der Waals surface area contributed by atoms with Gasteiger partial charge in [-0.05, 0) is 56.2 Å². The predicted molar refractivity (Wildman–Crippen MR) is 131 cm³/mol. The number of hydrogen-bond acceptors (Lipinski definition) is 8. The van der Waals surface area contributed by atoms with Crippen LogP contribution in [0.15, 0.2) is 30.7 Å². The molecule has 11 nitrogen and oxygen atoms in total. The van der Waals surface area contributed by atoms with Crippen molar-refractivity contribution < 1.29 is 19.2 Å². The summed E-state index contributed by atoms with van der Waals surface area (Å²) in [6.07, 6.45) is 8.00. The van der Waals surface area contributed by atoms with E-state index in [1.165, 1.54) is 12.8 Å². The van der Waals surface area contributed by atoms with Crippen molar-refractivity contribution >= 4 is 40.3 Å². The summed E-state index contributed by atoms with van der Waals surface area (Å²) in [6.45, 7) is 0.734. The van der Waals surface area contributed by atoms with E-state index in [9.17, 15) is 19.2 Å². The third kappa shape index (κ3) is 3.59. The number of imide groups is 2. The average Bonchev–Trinajstić information content (AvgIpc) is 3.60. The molecule has 0 spiro atoms. The second-order valence-electron chi connectivity index (χ2n) is 10.4. The molecule has 1 unspecified atom stereocenters. The molecule has 11 heteroatoms. The molecule has 1 aromatic carbocycles. The number of rotatable bonds is 6. The fourth-order valence-electron chi connectivity index (χ4n) is 5.73. The molecule has 4 heterocycles. The Morgan fingerprint density at radius 2 is 1.84 bits per heavy atom. The predicted octanol–water partition coefficient (Wildman–Crippen LogP) is 2.17. The molecule has 0 radical (unpaired) electrons. The molecule has 2 aliphatic heterocycles. The molecular formula is C26H25N7O4. The summed E-state index contributed by atoms with van der Waals surface area (Å²) >= 11 is 0. The molecule has 1 saturated heterocycles. The monoisotopic (exact) mass is 499 g/mol. The minimum Gasteiger partial charge on any atom is -0.385 e. The van der Waals surface area contributed by atoms with Gasteiger partial charge in [-0.2, -0.15) is 5.10 Å². The topological polar surface area (TPSA) is 139 Å². The summed E-state index contributed by atoms with van der Waals surface area (Å²) in [7, 11) is 0. The van der Waals surface area contributed by atoms with E-state index in [-0.39, 0.29) is 29.9 Å². The third-order valence-corrected chi connectivity index (χ3v) is 7.96. The highest BCUT2D eigenvalue weighted by Crippen LogP contribution is 2.45. The van der Waals surface area contributed by atoms with Crippen molar-refractivity contribution in [1.82, 2.24) is 30.0 Å². The number of carbonyl (C=O) groups excluding carboxylic acids is 4. The van der Waals surface area contributed by atoms with Gasteiger partial charge in [0.15, 0.2) is 5.65 Å². The molecule has 4 amide bonds. The van der Waals surface area contributed by atoms with Crippen LogP contribution >= 0.6 is 0 Å². The Kier molecular flexibility index (Phi) is 4.89. The second-order valence-corrected chi connectivity index (χ2v) is 10.4. The van der Waals surface area contributed by atoms with Crippen molar-refractivity contribution in [2.45, 2.75) is 56.5 Å². The Morgan fingerprint density at radius 3 is 2.62 bits per heavy atom. The number of amides is 4. The molecule has 7 rings (SSSR count). The number of nitrogens with one attached hydrogen (secondary N) is 2. The highest BCUT2D eigenvalue weighted by atomic mass is 16.2. The van der Waals surface area contributed by atoms with Crippen LogP contribution in [0.3, 0.4) is 0 Å². The molecule has 2 N–H and O–H groups in total. The Balaban J connectivity index is 1.01. The van der Waals surface area contributed by atoms with E-state index in [2.05, 4.69) is 25.3 Å². The minimum absolute atomic E-state index is 0.0994. The number of carbonyl (C=O) groups is 4. The molecule has 37 heavy (non-hydrogen) atoms. The van der Waals surface area contributed by atoms with E-state index in [1.807, 2.05) is 6.20 Å². The van der Waals surface area contributed by atoms with Gasteiger partial charge in [0.25, 0.3) is 11.8 Å². The largest absolute Gasteiger partial charge is 0.385 e. The smallest absolute Gasteiger partial charge is 0.262 e. The van der Waals surface area contributed by atoms with Crippen LogP contribution in [-0.4, -0.2) is 60.9 Å². The summed E-state index contributed by atoms with van der Waals surface area (Å²) in [5.41, 5.74) is 3.35. The second kappa shape index (κ2) is 8.19. The van der Waals surface area contributed by atoms with Gasteiger partial charge >= 0.3 is 0 Å². The number of piperidine rings is 1. The first kappa shape index (κ1) is 22.1. The molecule has 188 valence electrons. The molecule has 2 aliphatic carbocycles. The Morgan fingerprint density at radius 1 is 1.03 bits per heavy atom. The SMILES string of the molecule is O=C1CCC(N2C(=O)c3ccc(NCC4CC(n5nc(C6CC6)c6cncnc65)C4)cc3C2=O)C(=O)N1. The van der Waals surface area contributed by atoms with Gasteiger partial charge in [0.05, 0.1) is 28.2 Å². The van der Waals surface area contributed by atoms with E-state index in [1.54, 1.807) is 24.5 Å². The van der Waals surface area contributed by atoms with Crippen LogP contribution in [0.1, 0.15) is 76.9 Å². The highest BCUT2D eigenvalue weighted by Gasteiger charge is 2.44. The molecule has 0 bridgehead atoms. The van der Waals surface area contributed by atoms with E-state index in [0.29, 0.717) is 17.9 Å². The number of nitrogens with zero attached hydrogens (tertiary/aromatic N) is 5. The third-order valence-electron chi connectivity index (χ3n) is 7.96. The van der Waals surface area contributed by atoms with Gasteiger partial charge in [-0.15, -0.1) is 0 Å². The number of aromatic nitrogens is 4. The van der Waals surface area contributed by atoms with Crippen LogP contribution in [0.4, 0.5) is 5.69 Å². The van der Waals surface area contributed by atoms with Gasteiger partial charge in [0.2, 0.25) is 11.8 Å². The maximum absolute atomic E-state index is 13.0. The molecule has 3 aromatic rings. The highest BCUT2D eigenvalue weighted by molar-refractivity contribution is 6.23. The van der Waals surface area contributed by atoms with Gasteiger partial charge in [-0.1, -0.05) is 0 Å². The van der Waals surface area contributed by atoms with Crippen molar-refractivity contribution in [3.05, 3.63) is 47.5 Å². The zero-order valence-electron chi connectivity index (χ0n) is 20.0. The number of hydrogen-bond donors (Lipinski definition) is 2. The summed E-state index contributed by atoms with van der Waals surface area (Å²) < 4.78 is 2.07. The van der Waals surface area contributed by atoms with Gasteiger partial charge in [0, 0.05) is 30.8 Å². The minimum atomic E-state index is -0.961. The molecule has 4 aliphatic rings. The Hall–Kier alpha value is -4.15. The molecule has 2 saturated carbocycles. The van der Waals surface area contributed by atoms with Crippen LogP contribution in [0.2, 0.25) is 0 Å². The zero-order chi connectivity index (χ0) is 25.3. The zero-order valence-corrected chi connectivity index (χ0v) is 20.0. The lowest BCUT2D eigenvalue weighted by molar-refractivity contribution is -0.136. The standard InChI is InChI=1S/C26H25N7O4/c34-21-6-5-20(24(35)30-21)32-25(36)17-4-3-15(9-18(17)26(32)37)28-10-13-7-16(8-13)33-23-19(11-27-12-29-23)22(31-33)14-1-2-14/h3-4,9,11-14,16,20,28H,1-2,5-8,10H2,(H,30,34,35). The van der Waals surface area contributed by atoms with Gasteiger partial charge < -0.3 is 5.32 Å². The maximum atomic E-state index is 13.0. The Bertz CT molecular complexity index is 1490. The molecule has 2 aromatic heterocycles. The summed E-state index contributed by atoms with van der Waals surface area (Å²) in [5, 5.41) is 11.6. The molecular weight excluding hydrogens is 474 g/mol. The number of fused-ring (bicyclic) bond motifs is 2. The lowest BCUT2D eigenvalue weighted by Gasteiger charge is -2.35. The summed E-state index contributed by atoms with van der Waals surface area (Å²) in [4.78, 5) is 59.3. The normalized spacial score (nSPS) is 25.3. The first-order valence-electron chi connectivity index (χ1n) is 12.8. The fourth-order valence-corrected chi connectivity index (χ4v) is 5.73. The van der Waals surface area contributed by atoms with E-state index in [4.69, 9.17) is 5.10 Å². The van der Waals surface area contributed by atoms with Gasteiger partial charge in [0.1, 0.15) is 12.4 Å². The van der Waals surface area contributed by atoms with Crippen molar-refractivity contribution in [1.29, 1.82) is 0 Å². The number of benzene rings is 1. The quantitative estimate of drug-likeness (QED) is 0.492. The summed E-state index contributed by atoms with van der Waals surface area (Å²) in [6, 6.07) is 4.43. The lowest BCUT2D eigenvalue weighted by atomic mass is 9.80. The average molecular weight is 500 g/mol. The van der Waals surface area contributed by atoms with Crippen LogP contribution in [-0.2, 0) is 9.59 Å². The first-order chi connectivity index (χ1) is 18.0. The van der Waals surface area contributed by atoms with Gasteiger partial charge in [-0.3, -0.25) is 29.4 Å². The van der Waals surface area contributed by atoms with Gasteiger partial charge in [-0.25, -0.2) is 14.6 Å². The maximum Gasteiger partial charge on any atom is 0.262 e. The first-order valence-corrected chi connectivity index (χ1v) is 12.8. The van der Waals surface area contributed by atoms with E-state index >= 15 is 0 Å². The van der Waals surface area contributed by atoms with Crippen molar-refractivity contribution in [3.8, 4) is 0 Å².